The average molecular weight is 186 g/mol. The van der Waals surface area contributed by atoms with Crippen LogP contribution in [0.4, 0.5) is 0 Å². The van der Waals surface area contributed by atoms with Crippen molar-refractivity contribution in [3.05, 3.63) is 0 Å². The van der Waals surface area contributed by atoms with E-state index < -0.39 is 8.07 Å². The van der Waals surface area contributed by atoms with E-state index in [2.05, 4.69) is 26.9 Å². The summed E-state index contributed by atoms with van der Waals surface area (Å²) in [5.74, 6) is 0. The lowest BCUT2D eigenvalue weighted by Crippen LogP contribution is -2.23. The first-order chi connectivity index (χ1) is 5.47. The highest BCUT2D eigenvalue weighted by Crippen LogP contribution is 2.33. The molecule has 0 bridgehead atoms. The Bertz CT molecular complexity index is 150. The molecular formula is C10H22OSi. The number of epoxide rings is 1. The molecule has 0 saturated carbocycles. The number of ether oxygens (including phenoxy) is 1. The highest BCUT2D eigenvalue weighted by molar-refractivity contribution is 6.77. The summed E-state index contributed by atoms with van der Waals surface area (Å²) in [5.41, 5.74) is 0.290. The minimum Gasteiger partial charge on any atom is -0.370 e. The van der Waals surface area contributed by atoms with Gasteiger partial charge in [0.2, 0.25) is 0 Å². The Morgan fingerprint density at radius 2 is 2.00 bits per heavy atom. The summed E-state index contributed by atoms with van der Waals surface area (Å²) < 4.78 is 5.36. The van der Waals surface area contributed by atoms with Gasteiger partial charge in [0.25, 0.3) is 0 Å². The molecule has 0 aliphatic carbocycles. The van der Waals surface area contributed by atoms with E-state index in [0.29, 0.717) is 0 Å². The maximum Gasteiger partial charge on any atom is 0.0888 e. The molecular weight excluding hydrogens is 164 g/mol. The number of hydrogen-bond acceptors (Lipinski definition) is 1. The van der Waals surface area contributed by atoms with Crippen molar-refractivity contribution < 1.29 is 4.74 Å². The van der Waals surface area contributed by atoms with Crippen LogP contribution in [0.5, 0.6) is 0 Å². The first kappa shape index (κ1) is 10.3. The van der Waals surface area contributed by atoms with E-state index in [0.717, 1.165) is 6.61 Å². The molecule has 2 heteroatoms. The van der Waals surface area contributed by atoms with Crippen molar-refractivity contribution in [2.75, 3.05) is 6.61 Å². The fourth-order valence-corrected chi connectivity index (χ4v) is 2.87. The third-order valence-corrected chi connectivity index (χ3v) is 6.77. The summed E-state index contributed by atoms with van der Waals surface area (Å²) in [6, 6.07) is 2.90. The first-order valence-electron chi connectivity index (χ1n) is 5.11. The van der Waals surface area contributed by atoms with E-state index in [9.17, 15) is 0 Å². The molecule has 1 atom stereocenters. The van der Waals surface area contributed by atoms with Crippen LogP contribution in [-0.2, 0) is 4.74 Å². The molecule has 12 heavy (non-hydrogen) atoms. The van der Waals surface area contributed by atoms with Gasteiger partial charge >= 0.3 is 0 Å². The Hall–Kier alpha value is 0.177. The van der Waals surface area contributed by atoms with Gasteiger partial charge < -0.3 is 4.74 Å². The molecule has 1 saturated heterocycles. The lowest BCUT2D eigenvalue weighted by molar-refractivity contribution is 0.307. The first-order valence-corrected chi connectivity index (χ1v) is 8.53. The second kappa shape index (κ2) is 3.50. The van der Waals surface area contributed by atoms with Crippen molar-refractivity contribution in [2.24, 2.45) is 0 Å². The lowest BCUT2D eigenvalue weighted by Gasteiger charge is -2.20. The minimum atomic E-state index is -0.805. The molecule has 72 valence electrons. The van der Waals surface area contributed by atoms with Crippen LogP contribution in [0, 0.1) is 0 Å². The zero-order valence-electron chi connectivity index (χ0n) is 8.94. The molecule has 0 amide bonds. The predicted octanol–water partition coefficient (Wildman–Crippen LogP) is 3.28. The third-order valence-electron chi connectivity index (χ3n) is 3.15. The summed E-state index contributed by atoms with van der Waals surface area (Å²) in [6.07, 6.45) is 2.66. The Morgan fingerprint density at radius 1 is 1.42 bits per heavy atom. The Labute approximate surface area is 77.5 Å². The fourth-order valence-electron chi connectivity index (χ4n) is 1.39. The second-order valence-corrected chi connectivity index (χ2v) is 10.6. The van der Waals surface area contributed by atoms with Crippen LogP contribution in [0.3, 0.4) is 0 Å². The van der Waals surface area contributed by atoms with E-state index in [4.69, 9.17) is 4.74 Å². The molecule has 0 spiro atoms. The average Bonchev–Trinajstić information content (AvgIpc) is 2.68. The monoisotopic (exact) mass is 186 g/mol. The quantitative estimate of drug-likeness (QED) is 0.474. The van der Waals surface area contributed by atoms with Crippen LogP contribution >= 0.6 is 0 Å². The third kappa shape index (κ3) is 3.28. The fraction of sp³-hybridized carbons (Fsp3) is 1.00. The van der Waals surface area contributed by atoms with Gasteiger partial charge in [0.15, 0.2) is 0 Å². The smallest absolute Gasteiger partial charge is 0.0888 e. The van der Waals surface area contributed by atoms with E-state index >= 15 is 0 Å². The van der Waals surface area contributed by atoms with E-state index in [1.54, 1.807) is 0 Å². The molecule has 0 aromatic carbocycles. The maximum atomic E-state index is 5.36. The molecule has 1 fully saturated rings. The van der Waals surface area contributed by atoms with E-state index in [1.165, 1.54) is 24.9 Å². The molecule has 1 aliphatic heterocycles. The van der Waals surface area contributed by atoms with Gasteiger partial charge in [-0.15, -0.1) is 0 Å². The van der Waals surface area contributed by atoms with Gasteiger partial charge in [-0.1, -0.05) is 38.5 Å². The summed E-state index contributed by atoms with van der Waals surface area (Å²) in [7, 11) is -0.805. The van der Waals surface area contributed by atoms with Crippen LogP contribution in [0.1, 0.15) is 26.7 Å². The summed E-state index contributed by atoms with van der Waals surface area (Å²) in [5, 5.41) is 0. The van der Waals surface area contributed by atoms with Crippen LogP contribution in [0.25, 0.3) is 0 Å². The van der Waals surface area contributed by atoms with Crippen molar-refractivity contribution in [2.45, 2.75) is 57.5 Å². The lowest BCUT2D eigenvalue weighted by atomic mass is 10.1. The zero-order chi connectivity index (χ0) is 9.24. The van der Waals surface area contributed by atoms with Crippen molar-refractivity contribution in [1.29, 1.82) is 0 Å². The Kier molecular flexibility index (Phi) is 3.00. The molecule has 1 heterocycles. The molecule has 0 aromatic heterocycles. The van der Waals surface area contributed by atoms with Gasteiger partial charge in [-0.25, -0.2) is 0 Å². The van der Waals surface area contributed by atoms with Crippen LogP contribution < -0.4 is 0 Å². The molecule has 0 radical (unpaired) electrons. The van der Waals surface area contributed by atoms with Gasteiger partial charge in [0.05, 0.1) is 12.2 Å². The number of rotatable bonds is 5. The van der Waals surface area contributed by atoms with Crippen molar-refractivity contribution in [1.82, 2.24) is 0 Å². The van der Waals surface area contributed by atoms with E-state index in [-0.39, 0.29) is 5.60 Å². The summed E-state index contributed by atoms with van der Waals surface area (Å²) in [6.45, 7) is 10.5. The van der Waals surface area contributed by atoms with Crippen LogP contribution in [0.15, 0.2) is 0 Å². The number of hydrogen-bond donors (Lipinski definition) is 0. The van der Waals surface area contributed by atoms with Crippen molar-refractivity contribution >= 4 is 8.07 Å². The SMILES string of the molecule is CC[Si](C)(C)CCCC1(C)CO1. The van der Waals surface area contributed by atoms with E-state index in [1.807, 2.05) is 0 Å². The van der Waals surface area contributed by atoms with Crippen LogP contribution in [0.2, 0.25) is 25.2 Å². The Morgan fingerprint density at radius 3 is 2.42 bits per heavy atom. The Balaban J connectivity index is 2.09. The molecule has 0 aromatic rings. The summed E-state index contributed by atoms with van der Waals surface area (Å²) in [4.78, 5) is 0. The highest BCUT2D eigenvalue weighted by atomic mass is 28.3. The van der Waals surface area contributed by atoms with Crippen LogP contribution in [-0.4, -0.2) is 20.3 Å². The van der Waals surface area contributed by atoms with Gasteiger partial charge in [-0.2, -0.15) is 0 Å². The van der Waals surface area contributed by atoms with Gasteiger partial charge in [0, 0.05) is 8.07 Å². The largest absolute Gasteiger partial charge is 0.370 e. The van der Waals surface area contributed by atoms with Crippen molar-refractivity contribution in [3.63, 3.8) is 0 Å². The highest BCUT2D eigenvalue weighted by Gasteiger charge is 2.38. The molecule has 0 N–H and O–H groups in total. The van der Waals surface area contributed by atoms with Gasteiger partial charge in [-0.3, -0.25) is 0 Å². The maximum absolute atomic E-state index is 5.36. The standard InChI is InChI=1S/C10H22OSi/c1-5-12(3,4)8-6-7-10(2)9-11-10/h5-9H2,1-4H3. The normalized spacial score (nSPS) is 29.0. The molecule has 1 aliphatic rings. The molecule has 1 unspecified atom stereocenters. The zero-order valence-corrected chi connectivity index (χ0v) is 9.94. The molecule has 1 rings (SSSR count). The van der Waals surface area contributed by atoms with Gasteiger partial charge in [-0.05, 0) is 13.3 Å². The van der Waals surface area contributed by atoms with Gasteiger partial charge in [0.1, 0.15) is 0 Å². The summed E-state index contributed by atoms with van der Waals surface area (Å²) >= 11 is 0. The predicted molar refractivity (Wildman–Crippen MR) is 56.4 cm³/mol. The van der Waals surface area contributed by atoms with Crippen molar-refractivity contribution in [3.8, 4) is 0 Å². The molecule has 1 nitrogen and oxygen atoms in total. The second-order valence-electron chi connectivity index (χ2n) is 5.11. The minimum absolute atomic E-state index is 0.290. The topological polar surface area (TPSA) is 12.5 Å².